The molecule has 2 aliphatic rings. The molecule has 4 aromatic rings. The van der Waals surface area contributed by atoms with Crippen LogP contribution in [0.15, 0.2) is 42.6 Å². The molecule has 0 unspecified atom stereocenters. The second-order valence-corrected chi connectivity index (χ2v) is 10.3. The van der Waals surface area contributed by atoms with Crippen LogP contribution in [0, 0.1) is 5.82 Å². The molecule has 0 bridgehead atoms. The highest BCUT2D eigenvalue weighted by molar-refractivity contribution is 6.00. The normalized spacial score (nSPS) is 17.2. The van der Waals surface area contributed by atoms with Crippen LogP contribution in [0.2, 0.25) is 0 Å². The summed E-state index contributed by atoms with van der Waals surface area (Å²) in [5, 5.41) is 1.75. The van der Waals surface area contributed by atoms with E-state index in [1.54, 1.807) is 6.07 Å². The van der Waals surface area contributed by atoms with Gasteiger partial charge in [-0.15, -0.1) is 0 Å². The zero-order valence-corrected chi connectivity index (χ0v) is 21.5. The highest BCUT2D eigenvalue weighted by atomic mass is 19.4. The number of pyridine rings is 1. The summed E-state index contributed by atoms with van der Waals surface area (Å²) in [6.07, 6.45) is 1.43. The molecule has 0 N–H and O–H groups in total. The van der Waals surface area contributed by atoms with Gasteiger partial charge < -0.3 is 9.47 Å². The number of hydrogen-bond acceptors (Lipinski definition) is 6. The molecule has 2 fully saturated rings. The second kappa shape index (κ2) is 9.89. The zero-order chi connectivity index (χ0) is 27.2. The van der Waals surface area contributed by atoms with Gasteiger partial charge in [0.2, 0.25) is 5.88 Å². The van der Waals surface area contributed by atoms with Crippen LogP contribution < -0.4 is 9.47 Å². The minimum Gasteiger partial charge on any atom is -0.467 e. The predicted molar refractivity (Wildman–Crippen MR) is 139 cm³/mol. The van der Waals surface area contributed by atoms with Gasteiger partial charge in [0.05, 0.1) is 10.9 Å². The second-order valence-electron chi connectivity index (χ2n) is 10.3. The first-order chi connectivity index (χ1) is 18.8. The van der Waals surface area contributed by atoms with Gasteiger partial charge in [-0.2, -0.15) is 23.1 Å². The molecule has 10 heteroatoms. The average Bonchev–Trinajstić information content (AvgIpc) is 3.51. The van der Waals surface area contributed by atoms with Crippen molar-refractivity contribution >= 4 is 21.7 Å². The number of alkyl halides is 3. The van der Waals surface area contributed by atoms with E-state index in [4.69, 9.17) is 9.47 Å². The Labute approximate surface area is 223 Å². The summed E-state index contributed by atoms with van der Waals surface area (Å²) < 4.78 is 66.3. The molecule has 0 spiro atoms. The number of nitrogens with zero attached hydrogens (tertiary/aromatic N) is 4. The van der Waals surface area contributed by atoms with E-state index in [1.807, 2.05) is 37.3 Å². The van der Waals surface area contributed by atoms with E-state index in [1.165, 1.54) is 6.20 Å². The summed E-state index contributed by atoms with van der Waals surface area (Å²) >= 11 is 0. The molecule has 0 amide bonds. The minimum absolute atomic E-state index is 0.0506. The van der Waals surface area contributed by atoms with Gasteiger partial charge in [0.25, 0.3) is 0 Å². The molecule has 2 saturated heterocycles. The molecule has 2 aliphatic heterocycles. The lowest BCUT2D eigenvalue weighted by Crippen LogP contribution is -2.43. The summed E-state index contributed by atoms with van der Waals surface area (Å²) in [5.41, 5.74) is 1.32. The van der Waals surface area contributed by atoms with Crippen molar-refractivity contribution in [1.82, 2.24) is 19.9 Å². The van der Waals surface area contributed by atoms with Crippen LogP contribution in [0.4, 0.5) is 17.6 Å². The predicted octanol–water partition coefficient (Wildman–Crippen LogP) is 6.49. The molecule has 39 heavy (non-hydrogen) atoms. The van der Waals surface area contributed by atoms with Crippen molar-refractivity contribution in [3.63, 3.8) is 0 Å². The Bertz CT molecular complexity index is 1530. The monoisotopic (exact) mass is 540 g/mol. The van der Waals surface area contributed by atoms with E-state index in [9.17, 15) is 13.2 Å². The van der Waals surface area contributed by atoms with Crippen LogP contribution >= 0.6 is 0 Å². The Kier molecular flexibility index (Phi) is 6.53. The average molecular weight is 541 g/mol. The van der Waals surface area contributed by atoms with E-state index in [2.05, 4.69) is 19.9 Å². The fourth-order valence-corrected chi connectivity index (χ4v) is 6.09. The van der Waals surface area contributed by atoms with Crippen LogP contribution in [0.1, 0.15) is 38.2 Å². The first-order valence-electron chi connectivity index (χ1n) is 13.2. The summed E-state index contributed by atoms with van der Waals surface area (Å²) in [6, 6.07) is 11.2. The molecule has 2 aromatic carbocycles. The Hall–Kier alpha value is -3.53. The molecular formula is C29H28F4N4O2. The van der Waals surface area contributed by atoms with Crippen molar-refractivity contribution in [2.75, 3.05) is 26.3 Å². The first-order valence-corrected chi connectivity index (χ1v) is 13.2. The molecule has 6 rings (SSSR count). The third-order valence-electron chi connectivity index (χ3n) is 7.91. The zero-order valence-electron chi connectivity index (χ0n) is 21.5. The largest absolute Gasteiger partial charge is 0.467 e. The maximum Gasteiger partial charge on any atom is 0.422 e. The third kappa shape index (κ3) is 4.75. The summed E-state index contributed by atoms with van der Waals surface area (Å²) in [5.74, 6) is -1.18. The highest BCUT2D eigenvalue weighted by Crippen LogP contribution is 2.40. The number of aryl methyl sites for hydroxylation is 1. The van der Waals surface area contributed by atoms with E-state index in [0.29, 0.717) is 5.56 Å². The number of aromatic nitrogens is 3. The van der Waals surface area contributed by atoms with Crippen LogP contribution in [0.25, 0.3) is 32.9 Å². The number of ether oxygens (including phenoxy) is 2. The van der Waals surface area contributed by atoms with Crippen LogP contribution in [0.3, 0.4) is 0 Å². The lowest BCUT2D eigenvalue weighted by atomic mass is 9.95. The van der Waals surface area contributed by atoms with Crippen LogP contribution in [-0.4, -0.2) is 57.9 Å². The van der Waals surface area contributed by atoms with E-state index in [-0.39, 0.29) is 34.8 Å². The van der Waals surface area contributed by atoms with Gasteiger partial charge >= 0.3 is 12.2 Å². The molecule has 204 valence electrons. The fraction of sp³-hybridized carbons (Fsp3) is 0.414. The minimum atomic E-state index is -4.60. The first kappa shape index (κ1) is 25.7. The molecule has 0 saturated carbocycles. The van der Waals surface area contributed by atoms with Crippen molar-refractivity contribution in [2.45, 2.75) is 50.7 Å². The van der Waals surface area contributed by atoms with E-state index >= 15 is 4.39 Å². The lowest BCUT2D eigenvalue weighted by molar-refractivity contribution is -0.153. The molecule has 0 atom stereocenters. The molecule has 0 radical (unpaired) electrons. The molecule has 2 aromatic heterocycles. The SMILES string of the molecule is CCc1cccc2cccc(-c3ncc4c(OCC(F)(F)F)nc(OCC56CCCN5CCC6)nc4c3F)c12. The quantitative estimate of drug-likeness (QED) is 0.250. The number of rotatable bonds is 7. The third-order valence-corrected chi connectivity index (χ3v) is 7.91. The maximum atomic E-state index is 16.2. The molecule has 4 heterocycles. The van der Waals surface area contributed by atoms with Crippen molar-refractivity contribution in [3.05, 3.63) is 54.0 Å². The van der Waals surface area contributed by atoms with Gasteiger partial charge in [0.1, 0.15) is 17.8 Å². The van der Waals surface area contributed by atoms with Crippen molar-refractivity contribution in [2.24, 2.45) is 0 Å². The number of halogens is 4. The lowest BCUT2D eigenvalue weighted by Gasteiger charge is -2.31. The standard InChI is InChI=1S/C29H28F4N4O2/c1-2-18-7-3-8-19-9-4-10-20(22(18)19)24-23(30)25-21(15-34-24)26(38-17-29(31,32)33)36-27(35-25)39-16-28-11-5-13-37(28)14-6-12-28/h3-4,7-10,15H,2,5-6,11-14,16-17H2,1H3. The number of hydrogen-bond donors (Lipinski definition) is 0. The van der Waals surface area contributed by atoms with E-state index in [0.717, 1.165) is 61.5 Å². The van der Waals surface area contributed by atoms with Crippen molar-refractivity contribution in [3.8, 4) is 23.1 Å². The van der Waals surface area contributed by atoms with Gasteiger partial charge in [-0.3, -0.25) is 9.88 Å². The fourth-order valence-electron chi connectivity index (χ4n) is 6.09. The van der Waals surface area contributed by atoms with E-state index < -0.39 is 24.5 Å². The van der Waals surface area contributed by atoms with Crippen LogP contribution in [-0.2, 0) is 6.42 Å². The van der Waals surface area contributed by atoms with Gasteiger partial charge in [-0.1, -0.05) is 43.3 Å². The molecular weight excluding hydrogens is 512 g/mol. The van der Waals surface area contributed by atoms with Gasteiger partial charge in [0, 0.05) is 11.8 Å². The Balaban J connectivity index is 1.45. The van der Waals surface area contributed by atoms with Crippen molar-refractivity contribution in [1.29, 1.82) is 0 Å². The van der Waals surface area contributed by atoms with Crippen LogP contribution in [0.5, 0.6) is 11.9 Å². The Morgan fingerprint density at radius 1 is 1.00 bits per heavy atom. The smallest absolute Gasteiger partial charge is 0.422 e. The van der Waals surface area contributed by atoms with Gasteiger partial charge in [-0.05, 0) is 61.5 Å². The van der Waals surface area contributed by atoms with Crippen molar-refractivity contribution < 1.29 is 27.0 Å². The number of benzene rings is 2. The van der Waals surface area contributed by atoms with Gasteiger partial charge in [0.15, 0.2) is 12.4 Å². The topological polar surface area (TPSA) is 60.4 Å². The maximum absolute atomic E-state index is 16.2. The Morgan fingerprint density at radius 3 is 2.46 bits per heavy atom. The summed E-state index contributed by atoms with van der Waals surface area (Å²) in [4.78, 5) is 15.2. The molecule has 6 nitrogen and oxygen atoms in total. The highest BCUT2D eigenvalue weighted by Gasteiger charge is 2.45. The summed E-state index contributed by atoms with van der Waals surface area (Å²) in [6.45, 7) is 2.68. The summed E-state index contributed by atoms with van der Waals surface area (Å²) in [7, 11) is 0. The number of fused-ring (bicyclic) bond motifs is 3. The Morgan fingerprint density at radius 2 is 1.74 bits per heavy atom. The van der Waals surface area contributed by atoms with Gasteiger partial charge in [-0.25, -0.2) is 4.39 Å². The molecule has 0 aliphatic carbocycles.